The van der Waals surface area contributed by atoms with E-state index in [2.05, 4.69) is 31.2 Å². The summed E-state index contributed by atoms with van der Waals surface area (Å²) in [6.07, 6.45) is 1.85. The van der Waals surface area contributed by atoms with Gasteiger partial charge in [0.25, 0.3) is 5.91 Å². The lowest BCUT2D eigenvalue weighted by atomic mass is 10.0. The lowest BCUT2D eigenvalue weighted by Gasteiger charge is -2.21. The number of nitrogens with zero attached hydrogens (tertiary/aromatic N) is 2. The van der Waals surface area contributed by atoms with E-state index >= 15 is 0 Å². The molecule has 1 amide bonds. The van der Waals surface area contributed by atoms with Crippen molar-refractivity contribution in [3.05, 3.63) is 76.3 Å². The van der Waals surface area contributed by atoms with E-state index in [4.69, 9.17) is 9.40 Å². The van der Waals surface area contributed by atoms with Crippen LogP contribution in [0.25, 0.3) is 22.2 Å². The standard InChI is InChI=1S/C23H20N2O2S/c1-15-6-2-3-7-17(15)16-10-11-20-18(14-16)24-22(27-20)19-8-4-12-25(19)23(26)21-9-5-13-28-21/h2-3,5-7,9-11,13-14,19H,4,8,12H2,1H3/t19-/m1/s1. The van der Waals surface area contributed by atoms with Crippen LogP contribution in [0.4, 0.5) is 0 Å². The molecule has 4 aromatic rings. The Labute approximate surface area is 167 Å². The molecule has 0 spiro atoms. The molecule has 1 atom stereocenters. The van der Waals surface area contributed by atoms with E-state index in [0.717, 1.165) is 40.9 Å². The molecule has 1 aliphatic heterocycles. The molecule has 0 N–H and O–H groups in total. The van der Waals surface area contributed by atoms with Crippen molar-refractivity contribution < 1.29 is 9.21 Å². The summed E-state index contributed by atoms with van der Waals surface area (Å²) in [5, 5.41) is 1.94. The quantitative estimate of drug-likeness (QED) is 0.443. The van der Waals surface area contributed by atoms with Crippen LogP contribution in [-0.2, 0) is 0 Å². The van der Waals surface area contributed by atoms with E-state index in [9.17, 15) is 4.79 Å². The van der Waals surface area contributed by atoms with E-state index in [-0.39, 0.29) is 11.9 Å². The monoisotopic (exact) mass is 388 g/mol. The number of likely N-dealkylation sites (tertiary alicyclic amines) is 1. The van der Waals surface area contributed by atoms with Crippen molar-refractivity contribution in [1.82, 2.24) is 9.88 Å². The van der Waals surface area contributed by atoms with Gasteiger partial charge in [0.1, 0.15) is 11.6 Å². The molecule has 2 aromatic carbocycles. The fourth-order valence-electron chi connectivity index (χ4n) is 3.96. The molecule has 5 rings (SSSR count). The number of carbonyl (C=O) groups is 1. The lowest BCUT2D eigenvalue weighted by Crippen LogP contribution is -2.30. The summed E-state index contributed by atoms with van der Waals surface area (Å²) in [5.74, 6) is 0.708. The second-order valence-corrected chi connectivity index (χ2v) is 8.13. The maximum atomic E-state index is 12.9. The molecule has 5 heteroatoms. The molecule has 0 radical (unpaired) electrons. The smallest absolute Gasteiger partial charge is 0.264 e. The highest BCUT2D eigenvalue weighted by molar-refractivity contribution is 7.12. The second-order valence-electron chi connectivity index (χ2n) is 7.18. The first kappa shape index (κ1) is 17.2. The molecule has 3 heterocycles. The number of carbonyl (C=O) groups excluding carboxylic acids is 1. The Morgan fingerprint density at radius 3 is 2.89 bits per heavy atom. The predicted molar refractivity (Wildman–Crippen MR) is 112 cm³/mol. The van der Waals surface area contributed by atoms with Crippen LogP contribution in [0.15, 0.2) is 64.4 Å². The van der Waals surface area contributed by atoms with Crippen LogP contribution in [-0.4, -0.2) is 22.3 Å². The van der Waals surface area contributed by atoms with Gasteiger partial charge in [0, 0.05) is 6.54 Å². The molecule has 0 unspecified atom stereocenters. The normalized spacial score (nSPS) is 16.8. The average Bonchev–Trinajstić information content (AvgIpc) is 3.47. The topological polar surface area (TPSA) is 46.3 Å². The van der Waals surface area contributed by atoms with Crippen LogP contribution in [0, 0.1) is 6.92 Å². The van der Waals surface area contributed by atoms with Crippen molar-refractivity contribution in [2.24, 2.45) is 0 Å². The fourth-order valence-corrected chi connectivity index (χ4v) is 4.64. The van der Waals surface area contributed by atoms with Gasteiger partial charge in [-0.25, -0.2) is 4.98 Å². The summed E-state index contributed by atoms with van der Waals surface area (Å²) in [6, 6.07) is 18.2. The minimum absolute atomic E-state index is 0.0698. The number of thiophene rings is 1. The van der Waals surface area contributed by atoms with Crippen molar-refractivity contribution in [2.45, 2.75) is 25.8 Å². The Kier molecular flexibility index (Phi) is 4.24. The lowest BCUT2D eigenvalue weighted by molar-refractivity contribution is 0.0722. The van der Waals surface area contributed by atoms with Gasteiger partial charge in [-0.2, -0.15) is 0 Å². The average molecular weight is 388 g/mol. The molecule has 0 saturated carbocycles. The van der Waals surface area contributed by atoms with E-state index in [1.54, 1.807) is 0 Å². The number of benzene rings is 2. The molecule has 4 nitrogen and oxygen atoms in total. The van der Waals surface area contributed by atoms with Gasteiger partial charge >= 0.3 is 0 Å². The Morgan fingerprint density at radius 2 is 2.07 bits per heavy atom. The Bertz CT molecular complexity index is 1150. The van der Waals surface area contributed by atoms with Crippen LogP contribution >= 0.6 is 11.3 Å². The number of hydrogen-bond donors (Lipinski definition) is 0. The number of amides is 1. The Morgan fingerprint density at radius 1 is 1.18 bits per heavy atom. The summed E-state index contributed by atoms with van der Waals surface area (Å²) in [4.78, 5) is 20.3. The zero-order chi connectivity index (χ0) is 19.1. The summed E-state index contributed by atoms with van der Waals surface area (Å²) in [5.41, 5.74) is 5.16. The number of aromatic nitrogens is 1. The Balaban J connectivity index is 1.49. The number of fused-ring (bicyclic) bond motifs is 1. The van der Waals surface area contributed by atoms with Crippen molar-refractivity contribution in [2.75, 3.05) is 6.54 Å². The maximum Gasteiger partial charge on any atom is 0.264 e. The highest BCUT2D eigenvalue weighted by Crippen LogP contribution is 2.36. The third kappa shape index (κ3) is 2.92. The van der Waals surface area contributed by atoms with Crippen molar-refractivity contribution in [3.63, 3.8) is 0 Å². The molecule has 140 valence electrons. The minimum atomic E-state index is -0.0936. The number of aryl methyl sites for hydroxylation is 1. The SMILES string of the molecule is Cc1ccccc1-c1ccc2oc([C@H]3CCCN3C(=O)c3cccs3)nc2c1. The van der Waals surface area contributed by atoms with Crippen molar-refractivity contribution >= 4 is 28.3 Å². The second kappa shape index (κ2) is 6.91. The summed E-state index contributed by atoms with van der Waals surface area (Å²) >= 11 is 1.48. The van der Waals surface area contributed by atoms with Gasteiger partial charge in [0.2, 0.25) is 5.89 Å². The third-order valence-electron chi connectivity index (χ3n) is 5.39. The largest absolute Gasteiger partial charge is 0.438 e. The molecule has 1 fully saturated rings. The van der Waals surface area contributed by atoms with E-state index in [1.165, 1.54) is 22.5 Å². The van der Waals surface area contributed by atoms with E-state index in [1.807, 2.05) is 40.6 Å². The van der Waals surface area contributed by atoms with Crippen molar-refractivity contribution in [1.29, 1.82) is 0 Å². The fraction of sp³-hybridized carbons (Fsp3) is 0.217. The third-order valence-corrected chi connectivity index (χ3v) is 6.25. The van der Waals surface area contributed by atoms with Crippen LogP contribution in [0.3, 0.4) is 0 Å². The first-order chi connectivity index (χ1) is 13.7. The van der Waals surface area contributed by atoms with Gasteiger partial charge in [-0.3, -0.25) is 4.79 Å². The molecule has 2 aromatic heterocycles. The van der Waals surface area contributed by atoms with Gasteiger partial charge in [-0.1, -0.05) is 36.4 Å². The molecular weight excluding hydrogens is 368 g/mol. The highest BCUT2D eigenvalue weighted by Gasteiger charge is 2.34. The number of hydrogen-bond acceptors (Lipinski definition) is 4. The van der Waals surface area contributed by atoms with Crippen LogP contribution < -0.4 is 0 Å². The first-order valence-corrected chi connectivity index (χ1v) is 10.4. The van der Waals surface area contributed by atoms with Gasteiger partial charge in [0.15, 0.2) is 5.58 Å². The van der Waals surface area contributed by atoms with Gasteiger partial charge in [-0.05, 0) is 60.0 Å². The minimum Gasteiger partial charge on any atom is -0.438 e. The zero-order valence-electron chi connectivity index (χ0n) is 15.6. The van der Waals surface area contributed by atoms with Gasteiger partial charge in [0.05, 0.1) is 4.88 Å². The first-order valence-electron chi connectivity index (χ1n) is 9.52. The molecule has 0 aliphatic carbocycles. The van der Waals surface area contributed by atoms with Crippen molar-refractivity contribution in [3.8, 4) is 11.1 Å². The van der Waals surface area contributed by atoms with E-state index < -0.39 is 0 Å². The van der Waals surface area contributed by atoms with Crippen LogP contribution in [0.5, 0.6) is 0 Å². The molecule has 28 heavy (non-hydrogen) atoms. The molecule has 0 bridgehead atoms. The van der Waals surface area contributed by atoms with E-state index in [0.29, 0.717) is 5.89 Å². The molecule has 1 saturated heterocycles. The molecule has 1 aliphatic rings. The summed E-state index contributed by atoms with van der Waals surface area (Å²) in [7, 11) is 0. The summed E-state index contributed by atoms with van der Waals surface area (Å²) in [6.45, 7) is 2.86. The summed E-state index contributed by atoms with van der Waals surface area (Å²) < 4.78 is 6.07. The van der Waals surface area contributed by atoms with Crippen LogP contribution in [0.2, 0.25) is 0 Å². The zero-order valence-corrected chi connectivity index (χ0v) is 16.4. The van der Waals surface area contributed by atoms with Gasteiger partial charge < -0.3 is 9.32 Å². The predicted octanol–water partition coefficient (Wildman–Crippen LogP) is 5.84. The number of rotatable bonds is 3. The number of oxazole rings is 1. The molecular formula is C23H20N2O2S. The van der Waals surface area contributed by atoms with Crippen LogP contribution in [0.1, 0.15) is 40.0 Å². The van der Waals surface area contributed by atoms with Gasteiger partial charge in [-0.15, -0.1) is 11.3 Å². The maximum absolute atomic E-state index is 12.9. The Hall–Kier alpha value is -2.92. The highest BCUT2D eigenvalue weighted by atomic mass is 32.1.